The summed E-state index contributed by atoms with van der Waals surface area (Å²) in [7, 11) is -0.502. The fraction of sp³-hybridized carbons (Fsp3) is 0.556. The van der Waals surface area contributed by atoms with E-state index in [9.17, 15) is 4.79 Å². The summed E-state index contributed by atoms with van der Waals surface area (Å²) in [5, 5.41) is 2.50. The van der Waals surface area contributed by atoms with Gasteiger partial charge in [0.2, 0.25) is 0 Å². The molecule has 0 fully saturated rings. The van der Waals surface area contributed by atoms with Gasteiger partial charge < -0.3 is 18.5 Å². The molecule has 0 saturated carbocycles. The molecule has 0 unspecified atom stereocenters. The van der Waals surface area contributed by atoms with Gasteiger partial charge in [-0.25, -0.2) is 10.1 Å². The van der Waals surface area contributed by atoms with Crippen LogP contribution in [0.5, 0.6) is 0 Å². The number of oxazole rings is 1. The van der Waals surface area contributed by atoms with Crippen LogP contribution in [-0.4, -0.2) is 36.0 Å². The average molecular weight is 362 g/mol. The summed E-state index contributed by atoms with van der Waals surface area (Å²) < 4.78 is 22.4. The number of benzene rings is 1. The van der Waals surface area contributed by atoms with Gasteiger partial charge in [0.1, 0.15) is 11.1 Å². The summed E-state index contributed by atoms with van der Waals surface area (Å²) in [5.41, 5.74) is 1.38. The number of fused-ring (bicyclic) bond motifs is 1. The molecule has 0 spiro atoms. The van der Waals surface area contributed by atoms with Gasteiger partial charge in [0.25, 0.3) is 0 Å². The Balaban J connectivity index is 2.20. The molecule has 1 amide bonds. The van der Waals surface area contributed by atoms with Gasteiger partial charge in [0, 0.05) is 12.2 Å². The van der Waals surface area contributed by atoms with Crippen LogP contribution in [-0.2, 0) is 14.0 Å². The van der Waals surface area contributed by atoms with Crippen LogP contribution in [0.1, 0.15) is 48.5 Å². The van der Waals surface area contributed by atoms with E-state index in [0.717, 1.165) is 5.46 Å². The second kappa shape index (κ2) is 8.10. The maximum Gasteiger partial charge on any atom is 0.494 e. The van der Waals surface area contributed by atoms with Crippen LogP contribution in [0, 0.1) is 0 Å². The fourth-order valence-electron chi connectivity index (χ4n) is 2.22. The van der Waals surface area contributed by atoms with Crippen LogP contribution in [0.4, 0.5) is 10.8 Å². The Hall–Kier alpha value is -2.06. The number of ether oxygens (including phenoxy) is 1. The Bertz CT molecular complexity index is 742. The van der Waals surface area contributed by atoms with E-state index >= 15 is 0 Å². The quantitative estimate of drug-likeness (QED) is 0.789. The molecule has 2 aromatic rings. The Labute approximate surface area is 154 Å². The van der Waals surface area contributed by atoms with Crippen molar-refractivity contribution in [1.29, 1.82) is 0 Å². The zero-order valence-electron chi connectivity index (χ0n) is 16.5. The third kappa shape index (κ3) is 6.03. The molecule has 0 aliphatic carbocycles. The monoisotopic (exact) mass is 362 g/mol. The molecule has 26 heavy (non-hydrogen) atoms. The summed E-state index contributed by atoms with van der Waals surface area (Å²) >= 11 is 0. The number of rotatable bonds is 6. The number of amides is 1. The number of aromatic nitrogens is 1. The summed E-state index contributed by atoms with van der Waals surface area (Å²) in [5.74, 6) is 0. The molecule has 1 heterocycles. The lowest BCUT2D eigenvalue weighted by atomic mass is 9.78. The number of nitrogens with one attached hydrogen (secondary N) is 1. The van der Waals surface area contributed by atoms with Gasteiger partial charge in [-0.3, -0.25) is 0 Å². The highest BCUT2D eigenvalue weighted by molar-refractivity contribution is 6.61. The van der Waals surface area contributed by atoms with Crippen molar-refractivity contribution in [1.82, 2.24) is 4.98 Å². The van der Waals surface area contributed by atoms with Crippen molar-refractivity contribution in [3.05, 3.63) is 18.2 Å². The molecule has 0 atom stereocenters. The first-order valence-corrected chi connectivity index (χ1v) is 8.75. The minimum absolute atomic E-state index is 0.0103. The first kappa shape index (κ1) is 20.3. The topological polar surface area (TPSA) is 82.8 Å². The van der Waals surface area contributed by atoms with Crippen molar-refractivity contribution in [2.75, 3.05) is 5.32 Å². The van der Waals surface area contributed by atoms with Crippen molar-refractivity contribution < 1.29 is 23.3 Å². The van der Waals surface area contributed by atoms with Crippen LogP contribution in [0.15, 0.2) is 22.6 Å². The third-order valence-corrected chi connectivity index (χ3v) is 3.08. The normalized spacial score (nSPS) is 12.0. The SMILES string of the molecule is CC(C)OB(OC(C)C)c1ccc2oc(NC(=O)OC(C)(C)C)nc2c1. The highest BCUT2D eigenvalue weighted by Gasteiger charge is 2.25. The van der Waals surface area contributed by atoms with Crippen molar-refractivity contribution >= 4 is 35.8 Å². The molecule has 142 valence electrons. The number of carbonyl (C=O) groups excluding carboxylic acids is 1. The number of nitrogens with zero attached hydrogens (tertiary/aromatic N) is 1. The first-order chi connectivity index (χ1) is 12.0. The molecule has 1 N–H and O–H groups in total. The molecule has 0 aliphatic rings. The Morgan fingerprint density at radius 2 is 1.77 bits per heavy atom. The molecule has 1 aromatic heterocycles. The zero-order valence-corrected chi connectivity index (χ0v) is 16.5. The minimum Gasteiger partial charge on any atom is -0.443 e. The highest BCUT2D eigenvalue weighted by atomic mass is 16.6. The van der Waals surface area contributed by atoms with E-state index in [-0.39, 0.29) is 18.2 Å². The van der Waals surface area contributed by atoms with Gasteiger partial charge in [-0.05, 0) is 66.1 Å². The second-order valence-electron chi connectivity index (χ2n) is 7.57. The summed E-state index contributed by atoms with van der Waals surface area (Å²) in [6.45, 7) is 13.2. The third-order valence-electron chi connectivity index (χ3n) is 3.08. The molecule has 8 heteroatoms. The Kier molecular flexibility index (Phi) is 6.31. The predicted octanol–water partition coefficient (Wildman–Crippen LogP) is 3.72. The average Bonchev–Trinajstić information content (AvgIpc) is 2.84. The highest BCUT2D eigenvalue weighted by Crippen LogP contribution is 2.19. The van der Waals surface area contributed by atoms with Gasteiger partial charge in [-0.2, -0.15) is 4.98 Å². The van der Waals surface area contributed by atoms with E-state index in [0.29, 0.717) is 11.1 Å². The van der Waals surface area contributed by atoms with Crippen molar-refractivity contribution in [3.63, 3.8) is 0 Å². The van der Waals surface area contributed by atoms with Crippen LogP contribution in [0.3, 0.4) is 0 Å². The molecular weight excluding hydrogens is 335 g/mol. The zero-order chi connectivity index (χ0) is 19.5. The summed E-state index contributed by atoms with van der Waals surface area (Å²) in [6.07, 6.45) is -0.597. The van der Waals surface area contributed by atoms with Crippen LogP contribution < -0.4 is 10.8 Å². The molecule has 1 aromatic carbocycles. The number of hydrogen-bond acceptors (Lipinski definition) is 6. The van der Waals surface area contributed by atoms with E-state index < -0.39 is 18.8 Å². The molecule has 2 rings (SSSR count). The van der Waals surface area contributed by atoms with Gasteiger partial charge in [0.15, 0.2) is 5.58 Å². The molecular formula is C18H27BN2O5. The van der Waals surface area contributed by atoms with Gasteiger partial charge in [-0.15, -0.1) is 0 Å². The van der Waals surface area contributed by atoms with E-state index in [4.69, 9.17) is 18.5 Å². The molecule has 7 nitrogen and oxygen atoms in total. The lowest BCUT2D eigenvalue weighted by Crippen LogP contribution is -2.40. The summed E-state index contributed by atoms with van der Waals surface area (Å²) in [4.78, 5) is 16.1. The smallest absolute Gasteiger partial charge is 0.443 e. The number of anilines is 1. The summed E-state index contributed by atoms with van der Waals surface area (Å²) in [6, 6.07) is 5.55. The van der Waals surface area contributed by atoms with Gasteiger partial charge in [-0.1, -0.05) is 6.07 Å². The number of hydrogen-bond donors (Lipinski definition) is 1. The van der Waals surface area contributed by atoms with Crippen molar-refractivity contribution in [3.8, 4) is 0 Å². The first-order valence-electron chi connectivity index (χ1n) is 8.75. The van der Waals surface area contributed by atoms with Crippen molar-refractivity contribution in [2.24, 2.45) is 0 Å². The van der Waals surface area contributed by atoms with E-state index in [1.54, 1.807) is 26.8 Å². The molecule has 0 bridgehead atoms. The molecule has 0 aliphatic heterocycles. The Morgan fingerprint density at radius 1 is 1.15 bits per heavy atom. The van der Waals surface area contributed by atoms with Crippen LogP contribution >= 0.6 is 0 Å². The van der Waals surface area contributed by atoms with Crippen LogP contribution in [0.25, 0.3) is 11.1 Å². The standard InChI is InChI=1S/C18H27BN2O5/c1-11(2)25-19(26-12(3)4)13-8-9-15-14(10-13)20-16(23-15)21-17(22)24-18(5,6)7/h8-12H,1-7H3,(H,20,21,22). The maximum atomic E-state index is 11.8. The van der Waals surface area contributed by atoms with E-state index in [2.05, 4.69) is 10.3 Å². The van der Waals surface area contributed by atoms with E-state index in [1.165, 1.54) is 0 Å². The van der Waals surface area contributed by atoms with Gasteiger partial charge in [0.05, 0.1) is 0 Å². The molecule has 0 saturated heterocycles. The maximum absolute atomic E-state index is 11.8. The van der Waals surface area contributed by atoms with Crippen LogP contribution in [0.2, 0.25) is 0 Å². The minimum atomic E-state index is -0.617. The lowest BCUT2D eigenvalue weighted by molar-refractivity contribution is 0.0632. The Morgan fingerprint density at radius 3 is 2.31 bits per heavy atom. The van der Waals surface area contributed by atoms with E-state index in [1.807, 2.05) is 39.8 Å². The second-order valence-corrected chi connectivity index (χ2v) is 7.57. The van der Waals surface area contributed by atoms with Crippen molar-refractivity contribution in [2.45, 2.75) is 66.3 Å². The van der Waals surface area contributed by atoms with Gasteiger partial charge >= 0.3 is 19.2 Å². The molecule has 0 radical (unpaired) electrons. The predicted molar refractivity (Wildman–Crippen MR) is 102 cm³/mol. The fourth-order valence-corrected chi connectivity index (χ4v) is 2.22. The number of carbonyl (C=O) groups is 1. The largest absolute Gasteiger partial charge is 0.494 e. The lowest BCUT2D eigenvalue weighted by Gasteiger charge is -2.19.